The predicted octanol–water partition coefficient (Wildman–Crippen LogP) is 2.35. The quantitative estimate of drug-likeness (QED) is 0.877. The SMILES string of the molecule is Brc1ccc(C=CC2=NCON2)cc1. The van der Waals surface area contributed by atoms with Gasteiger partial charge < -0.3 is 0 Å². The molecule has 72 valence electrons. The lowest BCUT2D eigenvalue weighted by Crippen LogP contribution is -2.13. The number of aliphatic imine (C=N–C) groups is 1. The number of halogens is 1. The Hall–Kier alpha value is -1.13. The van der Waals surface area contributed by atoms with E-state index in [0.717, 1.165) is 15.9 Å². The lowest BCUT2D eigenvalue weighted by molar-refractivity contribution is 0.115. The lowest BCUT2D eigenvalue weighted by atomic mass is 10.2. The Morgan fingerprint density at radius 1 is 1.29 bits per heavy atom. The van der Waals surface area contributed by atoms with Crippen LogP contribution in [-0.4, -0.2) is 12.6 Å². The maximum absolute atomic E-state index is 4.85. The number of hydrogen-bond acceptors (Lipinski definition) is 3. The predicted molar refractivity (Wildman–Crippen MR) is 59.7 cm³/mol. The summed E-state index contributed by atoms with van der Waals surface area (Å²) < 4.78 is 1.08. The molecule has 0 fully saturated rings. The van der Waals surface area contributed by atoms with Crippen LogP contribution < -0.4 is 5.48 Å². The van der Waals surface area contributed by atoms with Crippen molar-refractivity contribution < 1.29 is 4.84 Å². The number of benzene rings is 1. The highest BCUT2D eigenvalue weighted by molar-refractivity contribution is 9.10. The molecule has 0 saturated heterocycles. The fourth-order valence-electron chi connectivity index (χ4n) is 1.08. The highest BCUT2D eigenvalue weighted by atomic mass is 79.9. The van der Waals surface area contributed by atoms with Crippen molar-refractivity contribution in [3.63, 3.8) is 0 Å². The standard InChI is InChI=1S/C10H9BrN2O/c11-9-4-1-8(2-5-9)3-6-10-12-7-14-13-10/h1-6H,7H2,(H,12,13). The molecule has 14 heavy (non-hydrogen) atoms. The Labute approximate surface area is 90.6 Å². The molecule has 3 nitrogen and oxygen atoms in total. The largest absolute Gasteiger partial charge is 0.251 e. The van der Waals surface area contributed by atoms with E-state index in [1.54, 1.807) is 0 Å². The Bertz CT molecular complexity index is 370. The second-order valence-electron chi connectivity index (χ2n) is 2.80. The monoisotopic (exact) mass is 252 g/mol. The van der Waals surface area contributed by atoms with Gasteiger partial charge in [0.25, 0.3) is 0 Å². The van der Waals surface area contributed by atoms with Crippen LogP contribution in [0.1, 0.15) is 5.56 Å². The Kier molecular flexibility index (Phi) is 2.96. The molecule has 0 aliphatic carbocycles. The van der Waals surface area contributed by atoms with Gasteiger partial charge in [0.05, 0.1) is 0 Å². The summed E-state index contributed by atoms with van der Waals surface area (Å²) in [6.07, 6.45) is 3.86. The highest BCUT2D eigenvalue weighted by Gasteiger charge is 1.99. The van der Waals surface area contributed by atoms with Crippen LogP contribution in [0.5, 0.6) is 0 Å². The van der Waals surface area contributed by atoms with Crippen molar-refractivity contribution in [2.75, 3.05) is 6.73 Å². The molecular weight excluding hydrogens is 244 g/mol. The maximum Gasteiger partial charge on any atom is 0.167 e. The van der Waals surface area contributed by atoms with Crippen LogP contribution in [-0.2, 0) is 4.84 Å². The van der Waals surface area contributed by atoms with Crippen molar-refractivity contribution in [2.24, 2.45) is 4.99 Å². The van der Waals surface area contributed by atoms with E-state index in [4.69, 9.17) is 4.84 Å². The van der Waals surface area contributed by atoms with Crippen molar-refractivity contribution in [3.8, 4) is 0 Å². The third-order valence-corrected chi connectivity index (χ3v) is 2.31. The molecule has 0 bridgehead atoms. The summed E-state index contributed by atoms with van der Waals surface area (Å²) in [6.45, 7) is 0.389. The second-order valence-corrected chi connectivity index (χ2v) is 3.72. The molecular formula is C10H9BrN2O. The molecule has 4 heteroatoms. The van der Waals surface area contributed by atoms with Crippen LogP contribution in [0.25, 0.3) is 6.08 Å². The van der Waals surface area contributed by atoms with Gasteiger partial charge in [-0.15, -0.1) is 0 Å². The molecule has 0 radical (unpaired) electrons. The molecule has 2 rings (SSSR count). The van der Waals surface area contributed by atoms with Crippen molar-refractivity contribution in [2.45, 2.75) is 0 Å². The number of nitrogens with one attached hydrogen (secondary N) is 1. The Morgan fingerprint density at radius 2 is 2.07 bits per heavy atom. The molecule has 1 aliphatic rings. The third-order valence-electron chi connectivity index (χ3n) is 1.78. The molecule has 0 aromatic heterocycles. The van der Waals surface area contributed by atoms with E-state index in [1.165, 1.54) is 0 Å². The van der Waals surface area contributed by atoms with Crippen LogP contribution in [0.2, 0.25) is 0 Å². The summed E-state index contributed by atoms with van der Waals surface area (Å²) >= 11 is 3.38. The van der Waals surface area contributed by atoms with E-state index in [1.807, 2.05) is 36.4 Å². The molecule has 0 amide bonds. The molecule has 0 unspecified atom stereocenters. The molecule has 0 saturated carbocycles. The number of rotatable bonds is 2. The van der Waals surface area contributed by atoms with Gasteiger partial charge >= 0.3 is 0 Å². The number of hydrogen-bond donors (Lipinski definition) is 1. The minimum absolute atomic E-state index is 0.389. The van der Waals surface area contributed by atoms with E-state index in [9.17, 15) is 0 Å². The Morgan fingerprint density at radius 3 is 2.71 bits per heavy atom. The first-order chi connectivity index (χ1) is 6.84. The minimum Gasteiger partial charge on any atom is -0.251 e. The maximum atomic E-state index is 4.85. The summed E-state index contributed by atoms with van der Waals surface area (Å²) in [5.74, 6) is 0.757. The van der Waals surface area contributed by atoms with Gasteiger partial charge in [0.2, 0.25) is 0 Å². The Balaban J connectivity index is 2.06. The first kappa shape index (κ1) is 9.43. The number of amidine groups is 1. The lowest BCUT2D eigenvalue weighted by Gasteiger charge is -1.94. The first-order valence-corrected chi connectivity index (χ1v) is 5.00. The van der Waals surface area contributed by atoms with Gasteiger partial charge in [-0.1, -0.05) is 34.1 Å². The normalized spacial score (nSPS) is 15.6. The van der Waals surface area contributed by atoms with Crippen molar-refractivity contribution in [1.82, 2.24) is 5.48 Å². The van der Waals surface area contributed by atoms with Gasteiger partial charge in [-0.25, -0.2) is 10.5 Å². The smallest absolute Gasteiger partial charge is 0.167 e. The van der Waals surface area contributed by atoms with Gasteiger partial charge in [-0.3, -0.25) is 4.84 Å². The molecule has 1 aromatic rings. The van der Waals surface area contributed by atoms with Crippen LogP contribution in [0, 0.1) is 0 Å². The van der Waals surface area contributed by atoms with Gasteiger partial charge in [-0.05, 0) is 23.8 Å². The number of nitrogens with zero attached hydrogens (tertiary/aromatic N) is 1. The summed E-state index contributed by atoms with van der Waals surface area (Å²) in [7, 11) is 0. The van der Waals surface area contributed by atoms with Gasteiger partial charge in [0.15, 0.2) is 6.73 Å². The molecule has 0 atom stereocenters. The van der Waals surface area contributed by atoms with Crippen LogP contribution in [0.15, 0.2) is 39.8 Å². The van der Waals surface area contributed by atoms with E-state index in [0.29, 0.717) is 6.73 Å². The van der Waals surface area contributed by atoms with E-state index >= 15 is 0 Å². The van der Waals surface area contributed by atoms with Crippen LogP contribution in [0.4, 0.5) is 0 Å². The average molecular weight is 253 g/mol. The topological polar surface area (TPSA) is 33.6 Å². The zero-order chi connectivity index (χ0) is 9.80. The summed E-state index contributed by atoms with van der Waals surface area (Å²) in [4.78, 5) is 8.91. The third kappa shape index (κ3) is 2.43. The summed E-state index contributed by atoms with van der Waals surface area (Å²) in [6, 6.07) is 8.05. The molecule has 0 spiro atoms. The molecule has 1 heterocycles. The van der Waals surface area contributed by atoms with Gasteiger partial charge in [0.1, 0.15) is 5.84 Å². The fourth-order valence-corrected chi connectivity index (χ4v) is 1.34. The molecule has 1 N–H and O–H groups in total. The van der Waals surface area contributed by atoms with E-state index < -0.39 is 0 Å². The number of hydroxylamine groups is 1. The average Bonchev–Trinajstić information content (AvgIpc) is 2.70. The zero-order valence-electron chi connectivity index (χ0n) is 7.40. The van der Waals surface area contributed by atoms with Crippen LogP contribution >= 0.6 is 15.9 Å². The molecule has 1 aromatic carbocycles. The second kappa shape index (κ2) is 4.39. The zero-order valence-corrected chi connectivity index (χ0v) is 8.99. The van der Waals surface area contributed by atoms with E-state index in [-0.39, 0.29) is 0 Å². The summed E-state index contributed by atoms with van der Waals surface area (Å²) in [5, 5.41) is 0. The summed E-state index contributed by atoms with van der Waals surface area (Å²) in [5.41, 5.74) is 3.82. The van der Waals surface area contributed by atoms with E-state index in [2.05, 4.69) is 26.4 Å². The fraction of sp³-hybridized carbons (Fsp3) is 0.100. The highest BCUT2D eigenvalue weighted by Crippen LogP contribution is 2.11. The van der Waals surface area contributed by atoms with Crippen LogP contribution in [0.3, 0.4) is 0 Å². The molecule has 1 aliphatic heterocycles. The van der Waals surface area contributed by atoms with Crippen molar-refractivity contribution >= 4 is 27.8 Å². The van der Waals surface area contributed by atoms with Gasteiger partial charge in [0, 0.05) is 4.47 Å². The van der Waals surface area contributed by atoms with Crippen molar-refractivity contribution in [3.05, 3.63) is 40.4 Å². The first-order valence-electron chi connectivity index (χ1n) is 4.20. The van der Waals surface area contributed by atoms with Gasteiger partial charge in [-0.2, -0.15) is 0 Å². The van der Waals surface area contributed by atoms with Crippen molar-refractivity contribution in [1.29, 1.82) is 0 Å². The minimum atomic E-state index is 0.389.